The van der Waals surface area contributed by atoms with Crippen LogP contribution >= 0.6 is 0 Å². The molecule has 0 aliphatic carbocycles. The summed E-state index contributed by atoms with van der Waals surface area (Å²) in [6, 6.07) is 18.4. The summed E-state index contributed by atoms with van der Waals surface area (Å²) in [5, 5.41) is 11.0. The maximum Gasteiger partial charge on any atom is 0.195 e. The molecule has 2 aliphatic rings. The second kappa shape index (κ2) is 7.38. The van der Waals surface area contributed by atoms with Gasteiger partial charge in [0.1, 0.15) is 17.5 Å². The third-order valence-electron chi connectivity index (χ3n) is 5.36. The van der Waals surface area contributed by atoms with E-state index >= 15 is 0 Å². The van der Waals surface area contributed by atoms with Gasteiger partial charge in [-0.15, -0.1) is 5.53 Å². The summed E-state index contributed by atoms with van der Waals surface area (Å²) in [4.78, 5) is 2.24. The van der Waals surface area contributed by atoms with E-state index in [0.717, 1.165) is 37.0 Å². The average molecular weight is 410 g/mol. The number of hydrazine groups is 2. The van der Waals surface area contributed by atoms with Crippen LogP contribution in [-0.2, 0) is 0 Å². The molecule has 0 radical (unpaired) electrons. The number of hydrogen-bond donors (Lipinski definition) is 3. The fraction of sp³-hybridized carbons (Fsp3) is 0.182. The summed E-state index contributed by atoms with van der Waals surface area (Å²) in [5.74, 6) is -2.17. The molecule has 0 saturated carbocycles. The Hall–Kier alpha value is -3.52. The van der Waals surface area contributed by atoms with E-state index in [4.69, 9.17) is 4.74 Å². The number of phenolic OH excluding ortho intramolecular Hbond substituents is 1. The molecule has 0 spiro atoms. The topological polar surface area (TPSA) is 60.0 Å². The Kier molecular flexibility index (Phi) is 4.55. The maximum atomic E-state index is 14.4. The molecule has 1 atom stereocenters. The fourth-order valence-corrected chi connectivity index (χ4v) is 3.84. The lowest BCUT2D eigenvalue weighted by atomic mass is 10.2. The van der Waals surface area contributed by atoms with Gasteiger partial charge in [0.2, 0.25) is 0 Å². The molecule has 5 rings (SSSR count). The quantitative estimate of drug-likeness (QED) is 0.558. The molecule has 154 valence electrons. The standard InChI is InChI=1S/C22H20F2N4O2/c23-18-12-19-21(20(24)22(18)29)28(26-25-19)15-8-6-14(7-9-15)27-11-10-17(13-27)30-16-4-2-1-3-5-16/h1-9,12,17,25-26,29H,10-11,13H2/t17-/m0/s1. The highest BCUT2D eigenvalue weighted by atomic mass is 19.1. The molecule has 0 aromatic heterocycles. The Morgan fingerprint density at radius 2 is 1.73 bits per heavy atom. The summed E-state index contributed by atoms with van der Waals surface area (Å²) in [6.07, 6.45) is 1.05. The predicted molar refractivity (Wildman–Crippen MR) is 111 cm³/mol. The van der Waals surface area contributed by atoms with E-state index in [2.05, 4.69) is 15.9 Å². The van der Waals surface area contributed by atoms with Crippen molar-refractivity contribution < 1.29 is 18.6 Å². The summed E-state index contributed by atoms with van der Waals surface area (Å²) in [6.45, 7) is 1.66. The molecule has 3 aromatic carbocycles. The van der Waals surface area contributed by atoms with Crippen molar-refractivity contribution in [2.75, 3.05) is 28.4 Å². The maximum absolute atomic E-state index is 14.4. The van der Waals surface area contributed by atoms with Crippen LogP contribution in [0.2, 0.25) is 0 Å². The number of nitrogens with zero attached hydrogens (tertiary/aromatic N) is 2. The minimum absolute atomic E-state index is 0.0409. The molecule has 8 heteroatoms. The Morgan fingerprint density at radius 3 is 2.50 bits per heavy atom. The van der Waals surface area contributed by atoms with Gasteiger partial charge in [-0.1, -0.05) is 18.2 Å². The monoisotopic (exact) mass is 410 g/mol. The number of ether oxygens (including phenoxy) is 1. The first kappa shape index (κ1) is 18.5. The number of aromatic hydroxyl groups is 1. The zero-order chi connectivity index (χ0) is 20.7. The minimum atomic E-state index is -1.02. The Morgan fingerprint density at radius 1 is 1.00 bits per heavy atom. The van der Waals surface area contributed by atoms with E-state index in [1.165, 1.54) is 5.01 Å². The lowest BCUT2D eigenvalue weighted by molar-refractivity contribution is 0.225. The van der Waals surface area contributed by atoms with E-state index in [-0.39, 0.29) is 17.5 Å². The normalized spacial score (nSPS) is 17.7. The van der Waals surface area contributed by atoms with Crippen molar-refractivity contribution in [3.05, 3.63) is 72.3 Å². The van der Waals surface area contributed by atoms with Gasteiger partial charge >= 0.3 is 0 Å². The number of hydrogen-bond acceptors (Lipinski definition) is 6. The highest BCUT2D eigenvalue weighted by Crippen LogP contribution is 2.42. The van der Waals surface area contributed by atoms with Crippen molar-refractivity contribution in [1.82, 2.24) is 5.53 Å². The highest BCUT2D eigenvalue weighted by Gasteiger charge is 2.29. The molecular formula is C22H20F2N4O2. The van der Waals surface area contributed by atoms with E-state index < -0.39 is 17.4 Å². The molecule has 1 fully saturated rings. The van der Waals surface area contributed by atoms with Crippen LogP contribution in [0.25, 0.3) is 0 Å². The molecule has 2 heterocycles. The van der Waals surface area contributed by atoms with Crippen LogP contribution in [0.1, 0.15) is 6.42 Å². The number of rotatable bonds is 4. The van der Waals surface area contributed by atoms with E-state index in [0.29, 0.717) is 5.69 Å². The van der Waals surface area contributed by atoms with Crippen LogP contribution < -0.4 is 25.6 Å². The number of fused-ring (bicyclic) bond motifs is 1. The fourth-order valence-electron chi connectivity index (χ4n) is 3.84. The van der Waals surface area contributed by atoms with Gasteiger partial charge in [-0.3, -0.25) is 5.01 Å². The van der Waals surface area contributed by atoms with Crippen LogP contribution in [0, 0.1) is 11.6 Å². The van der Waals surface area contributed by atoms with Crippen LogP contribution in [0.3, 0.4) is 0 Å². The second-order valence-corrected chi connectivity index (χ2v) is 7.29. The highest BCUT2D eigenvalue weighted by molar-refractivity contribution is 5.81. The van der Waals surface area contributed by atoms with Crippen molar-refractivity contribution in [1.29, 1.82) is 0 Å². The van der Waals surface area contributed by atoms with Gasteiger partial charge in [0, 0.05) is 24.7 Å². The number of para-hydroxylation sites is 1. The van der Waals surface area contributed by atoms with Gasteiger partial charge in [0.15, 0.2) is 17.4 Å². The number of halogens is 2. The van der Waals surface area contributed by atoms with Crippen LogP contribution in [0.5, 0.6) is 11.5 Å². The lowest BCUT2D eigenvalue weighted by Crippen LogP contribution is -2.32. The molecular weight excluding hydrogens is 390 g/mol. The lowest BCUT2D eigenvalue weighted by Gasteiger charge is -2.22. The first-order valence-electron chi connectivity index (χ1n) is 9.69. The second-order valence-electron chi connectivity index (χ2n) is 7.29. The SMILES string of the molecule is Oc1c(F)cc2c(c1F)N(c1ccc(N3CC[C@H](Oc4ccccc4)C3)cc1)NN2. The van der Waals surface area contributed by atoms with Gasteiger partial charge in [0.05, 0.1) is 17.9 Å². The Balaban J connectivity index is 1.30. The molecule has 1 saturated heterocycles. The van der Waals surface area contributed by atoms with Gasteiger partial charge in [-0.2, -0.15) is 0 Å². The molecule has 0 amide bonds. The van der Waals surface area contributed by atoms with E-state index in [1.807, 2.05) is 54.6 Å². The first-order chi connectivity index (χ1) is 14.6. The number of anilines is 4. The number of nitrogens with one attached hydrogen (secondary N) is 2. The number of phenols is 1. The number of benzene rings is 3. The van der Waals surface area contributed by atoms with Crippen LogP contribution in [0.4, 0.5) is 31.5 Å². The predicted octanol–water partition coefficient (Wildman–Crippen LogP) is 4.31. The first-order valence-corrected chi connectivity index (χ1v) is 9.69. The van der Waals surface area contributed by atoms with Crippen molar-refractivity contribution in [2.24, 2.45) is 0 Å². The minimum Gasteiger partial charge on any atom is -0.503 e. The van der Waals surface area contributed by atoms with Crippen molar-refractivity contribution in [3.63, 3.8) is 0 Å². The van der Waals surface area contributed by atoms with Crippen molar-refractivity contribution in [3.8, 4) is 11.5 Å². The van der Waals surface area contributed by atoms with E-state index in [9.17, 15) is 13.9 Å². The third-order valence-corrected chi connectivity index (χ3v) is 5.36. The Bertz CT molecular complexity index is 1060. The summed E-state index contributed by atoms with van der Waals surface area (Å²) >= 11 is 0. The van der Waals surface area contributed by atoms with Gasteiger partial charge in [-0.05, 0) is 36.4 Å². The Labute approximate surface area is 172 Å². The molecule has 3 aromatic rings. The third kappa shape index (κ3) is 3.25. The van der Waals surface area contributed by atoms with Gasteiger partial charge in [-0.25, -0.2) is 8.78 Å². The zero-order valence-electron chi connectivity index (χ0n) is 16.0. The average Bonchev–Trinajstić information content (AvgIpc) is 3.40. The summed E-state index contributed by atoms with van der Waals surface area (Å²) in [5.41, 5.74) is 7.44. The molecule has 0 unspecified atom stereocenters. The molecule has 2 aliphatic heterocycles. The molecule has 3 N–H and O–H groups in total. The molecule has 0 bridgehead atoms. The van der Waals surface area contributed by atoms with E-state index in [1.54, 1.807) is 0 Å². The summed E-state index contributed by atoms with van der Waals surface area (Å²) in [7, 11) is 0. The van der Waals surface area contributed by atoms with Crippen LogP contribution in [-0.4, -0.2) is 24.3 Å². The van der Waals surface area contributed by atoms with Gasteiger partial charge in [0.25, 0.3) is 0 Å². The largest absolute Gasteiger partial charge is 0.503 e. The smallest absolute Gasteiger partial charge is 0.195 e. The summed E-state index contributed by atoms with van der Waals surface area (Å²) < 4.78 is 34.0. The molecule has 6 nitrogen and oxygen atoms in total. The molecule has 30 heavy (non-hydrogen) atoms. The van der Waals surface area contributed by atoms with Gasteiger partial charge < -0.3 is 20.2 Å². The van der Waals surface area contributed by atoms with Crippen molar-refractivity contribution >= 4 is 22.7 Å². The van der Waals surface area contributed by atoms with Crippen LogP contribution in [0.15, 0.2) is 60.7 Å². The zero-order valence-corrected chi connectivity index (χ0v) is 16.0. The van der Waals surface area contributed by atoms with Crippen molar-refractivity contribution in [2.45, 2.75) is 12.5 Å².